The fourth-order valence-electron chi connectivity index (χ4n) is 2.65. The van der Waals surface area contributed by atoms with E-state index in [2.05, 4.69) is 16.7 Å². The maximum atomic E-state index is 12.5. The highest BCUT2D eigenvalue weighted by Crippen LogP contribution is 2.20. The third-order valence-corrected chi connectivity index (χ3v) is 3.67. The van der Waals surface area contributed by atoms with Crippen LogP contribution in [0.25, 0.3) is 0 Å². The van der Waals surface area contributed by atoms with Crippen LogP contribution in [0.4, 0.5) is 5.69 Å². The molecule has 0 unspecified atom stereocenters. The van der Waals surface area contributed by atoms with Gasteiger partial charge in [0.1, 0.15) is 0 Å². The van der Waals surface area contributed by atoms with Crippen LogP contribution in [-0.4, -0.2) is 12.5 Å². The van der Waals surface area contributed by atoms with Crippen molar-refractivity contribution in [1.29, 1.82) is 0 Å². The average molecular weight is 266 g/mol. The summed E-state index contributed by atoms with van der Waals surface area (Å²) in [4.78, 5) is 12.5. The number of fused-ring (bicyclic) bond motifs is 1. The predicted molar refractivity (Wildman–Crippen MR) is 81.0 cm³/mol. The number of amides is 1. The van der Waals surface area contributed by atoms with E-state index in [4.69, 9.17) is 0 Å². The van der Waals surface area contributed by atoms with E-state index in [1.807, 2.05) is 43.3 Å². The van der Waals surface area contributed by atoms with Gasteiger partial charge >= 0.3 is 0 Å². The van der Waals surface area contributed by atoms with E-state index in [0.29, 0.717) is 0 Å². The molecular formula is C17H18N2O. The van der Waals surface area contributed by atoms with Crippen LogP contribution < -0.4 is 10.6 Å². The first-order valence-electron chi connectivity index (χ1n) is 6.93. The lowest BCUT2D eigenvalue weighted by molar-refractivity contribution is 0.102. The molecule has 20 heavy (non-hydrogen) atoms. The van der Waals surface area contributed by atoms with Crippen LogP contribution >= 0.6 is 0 Å². The summed E-state index contributed by atoms with van der Waals surface area (Å²) in [6, 6.07) is 13.8. The minimum Gasteiger partial charge on any atom is -0.322 e. The summed E-state index contributed by atoms with van der Waals surface area (Å²) in [6.07, 6.45) is 0.987. The Bertz CT molecular complexity index is 649. The Hall–Kier alpha value is -2.13. The monoisotopic (exact) mass is 266 g/mol. The molecule has 0 saturated carbocycles. The maximum Gasteiger partial charge on any atom is 0.255 e. The van der Waals surface area contributed by atoms with Crippen molar-refractivity contribution in [3.8, 4) is 0 Å². The lowest BCUT2D eigenvalue weighted by atomic mass is 9.95. The average Bonchev–Trinajstić information content (AvgIpc) is 2.46. The van der Waals surface area contributed by atoms with Crippen molar-refractivity contribution in [2.45, 2.75) is 19.9 Å². The lowest BCUT2D eigenvalue weighted by Gasteiger charge is -2.20. The number of carbonyl (C=O) groups excluding carboxylic acids is 1. The molecule has 1 aliphatic heterocycles. The standard InChI is InChI=1S/C17H18N2O/c1-12-4-2-6-14(10-12)19-17(20)15-7-3-5-13-8-9-18-11-16(13)15/h2-7,10,18H,8-9,11H2,1H3,(H,19,20). The molecule has 0 saturated heterocycles. The van der Waals surface area contributed by atoms with Gasteiger partial charge in [-0.15, -0.1) is 0 Å². The molecule has 2 aromatic carbocycles. The van der Waals surface area contributed by atoms with E-state index in [9.17, 15) is 4.79 Å². The fourth-order valence-corrected chi connectivity index (χ4v) is 2.65. The molecule has 0 aromatic heterocycles. The molecule has 0 bridgehead atoms. The Morgan fingerprint density at radius 3 is 2.90 bits per heavy atom. The number of hydrogen-bond acceptors (Lipinski definition) is 2. The first kappa shape index (κ1) is 12.9. The Kier molecular flexibility index (Phi) is 3.52. The molecule has 1 aliphatic rings. The topological polar surface area (TPSA) is 41.1 Å². The van der Waals surface area contributed by atoms with E-state index in [0.717, 1.165) is 41.9 Å². The second-order valence-corrected chi connectivity index (χ2v) is 5.19. The van der Waals surface area contributed by atoms with Crippen molar-refractivity contribution in [3.63, 3.8) is 0 Å². The molecule has 0 spiro atoms. The van der Waals surface area contributed by atoms with E-state index in [-0.39, 0.29) is 5.91 Å². The quantitative estimate of drug-likeness (QED) is 0.877. The van der Waals surface area contributed by atoms with Gasteiger partial charge in [-0.1, -0.05) is 24.3 Å². The van der Waals surface area contributed by atoms with Gasteiger partial charge in [0.25, 0.3) is 5.91 Å². The maximum absolute atomic E-state index is 12.5. The summed E-state index contributed by atoms with van der Waals surface area (Å²) < 4.78 is 0. The molecule has 0 radical (unpaired) electrons. The number of hydrogen-bond donors (Lipinski definition) is 2. The van der Waals surface area contributed by atoms with Crippen molar-refractivity contribution < 1.29 is 4.79 Å². The highest BCUT2D eigenvalue weighted by molar-refractivity contribution is 6.05. The molecule has 0 aliphatic carbocycles. The van der Waals surface area contributed by atoms with Crippen molar-refractivity contribution in [2.75, 3.05) is 11.9 Å². The van der Waals surface area contributed by atoms with Crippen molar-refractivity contribution in [3.05, 3.63) is 64.7 Å². The van der Waals surface area contributed by atoms with Crippen molar-refractivity contribution in [2.24, 2.45) is 0 Å². The number of nitrogens with one attached hydrogen (secondary N) is 2. The second kappa shape index (κ2) is 5.47. The zero-order chi connectivity index (χ0) is 13.9. The smallest absolute Gasteiger partial charge is 0.255 e. The summed E-state index contributed by atoms with van der Waals surface area (Å²) in [5.74, 6) is -0.0313. The van der Waals surface area contributed by atoms with Gasteiger partial charge in [0.15, 0.2) is 0 Å². The molecule has 0 fully saturated rings. The Balaban J connectivity index is 1.88. The first-order chi connectivity index (χ1) is 9.74. The zero-order valence-corrected chi connectivity index (χ0v) is 11.6. The van der Waals surface area contributed by atoms with E-state index in [1.54, 1.807) is 0 Å². The minimum atomic E-state index is -0.0313. The second-order valence-electron chi connectivity index (χ2n) is 5.19. The molecule has 3 nitrogen and oxygen atoms in total. The SMILES string of the molecule is Cc1cccc(NC(=O)c2cccc3c2CNCC3)c1. The van der Waals surface area contributed by atoms with Crippen LogP contribution in [0.1, 0.15) is 27.0 Å². The van der Waals surface area contributed by atoms with Gasteiger partial charge in [-0.3, -0.25) is 4.79 Å². The zero-order valence-electron chi connectivity index (χ0n) is 11.6. The Morgan fingerprint density at radius 1 is 1.20 bits per heavy atom. The highest BCUT2D eigenvalue weighted by atomic mass is 16.1. The van der Waals surface area contributed by atoms with Crippen LogP contribution in [0.15, 0.2) is 42.5 Å². The van der Waals surface area contributed by atoms with Gasteiger partial charge in [0.05, 0.1) is 0 Å². The number of aryl methyl sites for hydroxylation is 1. The molecule has 0 atom stereocenters. The van der Waals surface area contributed by atoms with Crippen LogP contribution in [0.3, 0.4) is 0 Å². The van der Waals surface area contributed by atoms with Crippen LogP contribution in [0.2, 0.25) is 0 Å². The number of rotatable bonds is 2. The van der Waals surface area contributed by atoms with Gasteiger partial charge in [-0.2, -0.15) is 0 Å². The minimum absolute atomic E-state index is 0.0313. The molecule has 1 amide bonds. The van der Waals surface area contributed by atoms with Crippen LogP contribution in [0.5, 0.6) is 0 Å². The molecule has 3 rings (SSSR count). The molecule has 1 heterocycles. The summed E-state index contributed by atoms with van der Waals surface area (Å²) in [5, 5.41) is 6.31. The number of carbonyl (C=O) groups is 1. The molecule has 102 valence electrons. The number of anilines is 1. The van der Waals surface area contributed by atoms with Gasteiger partial charge in [0.2, 0.25) is 0 Å². The third kappa shape index (κ3) is 2.58. The lowest BCUT2D eigenvalue weighted by Crippen LogP contribution is -2.27. The summed E-state index contributed by atoms with van der Waals surface area (Å²) in [5.41, 5.74) is 5.16. The summed E-state index contributed by atoms with van der Waals surface area (Å²) in [7, 11) is 0. The Labute approximate surface area is 119 Å². The third-order valence-electron chi connectivity index (χ3n) is 3.67. The molecule has 2 N–H and O–H groups in total. The predicted octanol–water partition coefficient (Wildman–Crippen LogP) is 2.89. The van der Waals surface area contributed by atoms with E-state index < -0.39 is 0 Å². The van der Waals surface area contributed by atoms with Crippen LogP contribution in [-0.2, 0) is 13.0 Å². The largest absolute Gasteiger partial charge is 0.322 e. The van der Waals surface area contributed by atoms with Gasteiger partial charge < -0.3 is 10.6 Å². The first-order valence-corrected chi connectivity index (χ1v) is 6.93. The van der Waals surface area contributed by atoms with Crippen molar-refractivity contribution >= 4 is 11.6 Å². The normalized spacial score (nSPS) is 13.7. The summed E-state index contributed by atoms with van der Waals surface area (Å²) in [6.45, 7) is 3.77. The fraction of sp³-hybridized carbons (Fsp3) is 0.235. The van der Waals surface area contributed by atoms with E-state index >= 15 is 0 Å². The highest BCUT2D eigenvalue weighted by Gasteiger charge is 2.17. The molecule has 2 aromatic rings. The summed E-state index contributed by atoms with van der Waals surface area (Å²) >= 11 is 0. The Morgan fingerprint density at radius 2 is 2.05 bits per heavy atom. The van der Waals surface area contributed by atoms with Gasteiger partial charge in [0, 0.05) is 17.8 Å². The number of benzene rings is 2. The van der Waals surface area contributed by atoms with Crippen molar-refractivity contribution in [1.82, 2.24) is 5.32 Å². The van der Waals surface area contributed by atoms with E-state index in [1.165, 1.54) is 5.56 Å². The molecular weight excluding hydrogens is 248 g/mol. The van der Waals surface area contributed by atoms with Gasteiger partial charge in [-0.25, -0.2) is 0 Å². The van der Waals surface area contributed by atoms with Gasteiger partial charge in [-0.05, 0) is 54.8 Å². The van der Waals surface area contributed by atoms with Crippen LogP contribution in [0, 0.1) is 6.92 Å². The molecule has 3 heteroatoms.